The molecule has 1 aliphatic carbocycles. The smallest absolute Gasteiger partial charge is 0.168 e. The second-order valence-electron chi connectivity index (χ2n) is 5.54. The summed E-state index contributed by atoms with van der Waals surface area (Å²) < 4.78 is 0. The first-order valence-corrected chi connectivity index (χ1v) is 6.62. The first-order chi connectivity index (χ1) is 7.34. The number of aryl methyl sites for hydroxylation is 1. The number of anilines is 1. The molecule has 1 aliphatic rings. The molecular weight excluding hydrogens is 218 g/mol. The number of carbonyl (C=O) groups excluding carboxylic acids is 1. The summed E-state index contributed by atoms with van der Waals surface area (Å²) in [6, 6.07) is 0. The van der Waals surface area contributed by atoms with Crippen LogP contribution in [0.2, 0.25) is 0 Å². The van der Waals surface area contributed by atoms with Gasteiger partial charge in [-0.3, -0.25) is 4.79 Å². The van der Waals surface area contributed by atoms with Crippen LogP contribution < -0.4 is 5.73 Å². The molecule has 1 aromatic rings. The lowest BCUT2D eigenvalue weighted by Gasteiger charge is -2.20. The lowest BCUT2D eigenvalue weighted by molar-refractivity contribution is 0.0938. The van der Waals surface area contributed by atoms with Crippen LogP contribution in [0.4, 0.5) is 5.00 Å². The minimum atomic E-state index is 0.0254. The van der Waals surface area contributed by atoms with Gasteiger partial charge in [-0.1, -0.05) is 27.7 Å². The van der Waals surface area contributed by atoms with Gasteiger partial charge in [0.05, 0.1) is 10.6 Å². The molecule has 0 saturated carbocycles. The lowest BCUT2D eigenvalue weighted by Crippen LogP contribution is -2.19. The van der Waals surface area contributed by atoms with E-state index in [0.717, 1.165) is 23.4 Å². The van der Waals surface area contributed by atoms with Crippen LogP contribution in [0.1, 0.15) is 54.9 Å². The molecular formula is C13H19NOS. The van der Waals surface area contributed by atoms with E-state index in [-0.39, 0.29) is 17.1 Å². The van der Waals surface area contributed by atoms with Crippen molar-refractivity contribution < 1.29 is 4.79 Å². The Morgan fingerprint density at radius 1 is 1.44 bits per heavy atom. The maximum atomic E-state index is 12.2. The molecule has 3 heteroatoms. The molecule has 0 bridgehead atoms. The third-order valence-electron chi connectivity index (χ3n) is 3.43. The minimum Gasteiger partial charge on any atom is -0.390 e. The Morgan fingerprint density at radius 2 is 2.06 bits per heavy atom. The van der Waals surface area contributed by atoms with Gasteiger partial charge in [0.2, 0.25) is 0 Å². The lowest BCUT2D eigenvalue weighted by atomic mass is 9.83. The molecule has 0 unspecified atom stereocenters. The first-order valence-electron chi connectivity index (χ1n) is 5.80. The number of nitrogens with two attached hydrogens (primary N) is 1. The van der Waals surface area contributed by atoms with Crippen molar-refractivity contribution in [3.63, 3.8) is 0 Å². The Bertz CT molecular complexity index is 443. The van der Waals surface area contributed by atoms with Crippen LogP contribution >= 0.6 is 11.3 Å². The van der Waals surface area contributed by atoms with Crippen LogP contribution in [-0.4, -0.2) is 5.78 Å². The third-order valence-corrected chi connectivity index (χ3v) is 4.51. The van der Waals surface area contributed by atoms with Crippen LogP contribution in [-0.2, 0) is 11.8 Å². The Hall–Kier alpha value is -0.830. The number of carbonyl (C=O) groups is 1. The number of rotatable bonds is 2. The number of ketones is 1. The average molecular weight is 237 g/mol. The maximum absolute atomic E-state index is 12.2. The first kappa shape index (κ1) is 11.6. The standard InChI is InChI=1S/C13H19NOS/c1-7(2)11(15)9-10-8(16-12(9)14)5-6-13(10,3)4/h7H,5-6,14H2,1-4H3. The minimum absolute atomic E-state index is 0.0254. The fraction of sp³-hybridized carbons (Fsp3) is 0.615. The fourth-order valence-electron chi connectivity index (χ4n) is 2.47. The van der Waals surface area contributed by atoms with E-state index in [0.29, 0.717) is 0 Å². The quantitative estimate of drug-likeness (QED) is 0.801. The topological polar surface area (TPSA) is 43.1 Å². The van der Waals surface area contributed by atoms with E-state index in [1.807, 2.05) is 13.8 Å². The van der Waals surface area contributed by atoms with Crippen LogP contribution in [0.25, 0.3) is 0 Å². The zero-order valence-electron chi connectivity index (χ0n) is 10.4. The summed E-state index contributed by atoms with van der Waals surface area (Å²) in [5, 5.41) is 0.719. The summed E-state index contributed by atoms with van der Waals surface area (Å²) >= 11 is 1.61. The highest BCUT2D eigenvalue weighted by Crippen LogP contribution is 2.47. The second kappa shape index (κ2) is 3.59. The highest BCUT2D eigenvalue weighted by molar-refractivity contribution is 7.16. The van der Waals surface area contributed by atoms with Crippen molar-refractivity contribution in [2.24, 2.45) is 5.92 Å². The van der Waals surface area contributed by atoms with Gasteiger partial charge in [-0.05, 0) is 23.8 Å². The molecule has 0 spiro atoms. The number of thiophene rings is 1. The summed E-state index contributed by atoms with van der Waals surface area (Å²) in [6.45, 7) is 8.30. The molecule has 0 radical (unpaired) electrons. The number of fused-ring (bicyclic) bond motifs is 1. The van der Waals surface area contributed by atoms with Crippen molar-refractivity contribution in [3.8, 4) is 0 Å². The molecule has 0 saturated heterocycles. The molecule has 0 amide bonds. The molecule has 1 aromatic heterocycles. The van der Waals surface area contributed by atoms with Crippen molar-refractivity contribution in [3.05, 3.63) is 16.0 Å². The molecule has 0 aromatic carbocycles. The highest BCUT2D eigenvalue weighted by atomic mass is 32.1. The molecule has 0 fully saturated rings. The van der Waals surface area contributed by atoms with Crippen LogP contribution in [0.5, 0.6) is 0 Å². The van der Waals surface area contributed by atoms with E-state index in [4.69, 9.17) is 5.73 Å². The largest absolute Gasteiger partial charge is 0.390 e. The molecule has 2 nitrogen and oxygen atoms in total. The molecule has 2 N–H and O–H groups in total. The van der Waals surface area contributed by atoms with Gasteiger partial charge < -0.3 is 5.73 Å². The molecule has 1 heterocycles. The maximum Gasteiger partial charge on any atom is 0.168 e. The summed E-state index contributed by atoms with van der Waals surface area (Å²) in [5.74, 6) is 0.224. The molecule has 16 heavy (non-hydrogen) atoms. The summed E-state index contributed by atoms with van der Waals surface area (Å²) in [4.78, 5) is 13.5. The van der Waals surface area contributed by atoms with Crippen LogP contribution in [0, 0.1) is 5.92 Å². The van der Waals surface area contributed by atoms with Gasteiger partial charge in [-0.15, -0.1) is 11.3 Å². The van der Waals surface area contributed by atoms with Gasteiger partial charge in [0.15, 0.2) is 5.78 Å². The second-order valence-corrected chi connectivity index (χ2v) is 6.68. The monoisotopic (exact) mass is 237 g/mol. The summed E-state index contributed by atoms with van der Waals surface area (Å²) in [7, 11) is 0. The van der Waals surface area contributed by atoms with E-state index in [2.05, 4.69) is 13.8 Å². The van der Waals surface area contributed by atoms with Gasteiger partial charge in [0.1, 0.15) is 0 Å². The number of nitrogen functional groups attached to an aromatic ring is 1. The highest BCUT2D eigenvalue weighted by Gasteiger charge is 2.37. The van der Waals surface area contributed by atoms with Crippen LogP contribution in [0.15, 0.2) is 0 Å². The van der Waals surface area contributed by atoms with Crippen molar-refractivity contribution >= 4 is 22.1 Å². The Morgan fingerprint density at radius 3 is 2.62 bits per heavy atom. The molecule has 2 rings (SSSR count). The van der Waals surface area contributed by atoms with Gasteiger partial charge in [0.25, 0.3) is 0 Å². The molecule has 0 atom stereocenters. The fourth-order valence-corrected chi connectivity index (χ4v) is 3.73. The van der Waals surface area contributed by atoms with Crippen molar-refractivity contribution in [2.75, 3.05) is 5.73 Å². The van der Waals surface area contributed by atoms with E-state index < -0.39 is 0 Å². The third kappa shape index (κ3) is 1.58. The van der Waals surface area contributed by atoms with Gasteiger partial charge in [-0.2, -0.15) is 0 Å². The Balaban J connectivity index is 2.59. The van der Waals surface area contributed by atoms with Gasteiger partial charge in [0, 0.05) is 10.8 Å². The zero-order chi connectivity index (χ0) is 12.1. The summed E-state index contributed by atoms with van der Waals surface area (Å²) in [5.41, 5.74) is 8.17. The summed E-state index contributed by atoms with van der Waals surface area (Å²) in [6.07, 6.45) is 2.20. The predicted octanol–water partition coefficient (Wildman–Crippen LogP) is 3.39. The van der Waals surface area contributed by atoms with Gasteiger partial charge >= 0.3 is 0 Å². The van der Waals surface area contributed by atoms with E-state index in [9.17, 15) is 4.79 Å². The van der Waals surface area contributed by atoms with Gasteiger partial charge in [-0.25, -0.2) is 0 Å². The Kier molecular flexibility index (Phi) is 2.61. The van der Waals surface area contributed by atoms with Crippen molar-refractivity contribution in [2.45, 2.75) is 46.0 Å². The van der Waals surface area contributed by atoms with E-state index in [1.54, 1.807) is 11.3 Å². The van der Waals surface area contributed by atoms with Crippen molar-refractivity contribution in [1.82, 2.24) is 0 Å². The number of hydrogen-bond acceptors (Lipinski definition) is 3. The van der Waals surface area contributed by atoms with E-state index >= 15 is 0 Å². The van der Waals surface area contributed by atoms with E-state index in [1.165, 1.54) is 10.4 Å². The molecule has 88 valence electrons. The SMILES string of the molecule is CC(C)C(=O)c1c(N)sc2c1C(C)(C)CC2. The van der Waals surface area contributed by atoms with Crippen LogP contribution in [0.3, 0.4) is 0 Å². The Labute approximate surface area is 101 Å². The number of Topliss-reactive ketones (excluding diaryl/α,β-unsaturated/α-hetero) is 1. The predicted molar refractivity (Wildman–Crippen MR) is 69.2 cm³/mol. The normalized spacial score (nSPS) is 17.8. The zero-order valence-corrected chi connectivity index (χ0v) is 11.2. The number of hydrogen-bond donors (Lipinski definition) is 1. The molecule has 0 aliphatic heterocycles. The van der Waals surface area contributed by atoms with Crippen molar-refractivity contribution in [1.29, 1.82) is 0 Å². The average Bonchev–Trinajstić information content (AvgIpc) is 2.63.